The zero-order valence-electron chi connectivity index (χ0n) is 11.3. The van der Waals surface area contributed by atoms with Crippen molar-refractivity contribution in [3.8, 4) is 0 Å². The van der Waals surface area contributed by atoms with Crippen molar-refractivity contribution in [1.82, 2.24) is 0 Å². The summed E-state index contributed by atoms with van der Waals surface area (Å²) in [5.41, 5.74) is 5.23. The first-order chi connectivity index (χ1) is 9.40. The third kappa shape index (κ3) is 8.12. The molecule has 0 unspecified atom stereocenters. The van der Waals surface area contributed by atoms with Crippen LogP contribution in [0.4, 0.5) is 0 Å². The molecule has 0 aromatic carbocycles. The fraction of sp³-hybridized carbons (Fsp3) is 0.778. The summed E-state index contributed by atoms with van der Waals surface area (Å²) < 4.78 is 26.3. The van der Waals surface area contributed by atoms with Crippen LogP contribution in [0.5, 0.6) is 0 Å². The Hall–Kier alpha value is -1.00. The highest BCUT2D eigenvalue weighted by Crippen LogP contribution is 2.38. The molecule has 0 radical (unpaired) electrons. The van der Waals surface area contributed by atoms with Crippen molar-refractivity contribution in [2.45, 2.75) is 25.8 Å². The van der Waals surface area contributed by atoms with Crippen LogP contribution in [0.2, 0.25) is 0 Å². The van der Waals surface area contributed by atoms with Crippen LogP contribution < -0.4 is 5.73 Å². The summed E-state index contributed by atoms with van der Waals surface area (Å²) in [6.45, 7) is 1.51. The molecule has 21 heavy (non-hydrogen) atoms. The molecular weight excluding hydrogens is 327 g/mol. The summed E-state index contributed by atoms with van der Waals surface area (Å²) in [7, 11) is -8.59. The zero-order chi connectivity index (χ0) is 16.8. The normalized spacial score (nSPS) is 17.5. The van der Waals surface area contributed by atoms with Gasteiger partial charge in [0.15, 0.2) is 0 Å². The van der Waals surface area contributed by atoms with E-state index in [1.807, 2.05) is 0 Å². The molecule has 12 heteroatoms. The van der Waals surface area contributed by atoms with Crippen molar-refractivity contribution in [1.29, 1.82) is 0 Å². The Kier molecular flexibility index (Phi) is 7.48. The number of carboxylic acids is 2. The van der Waals surface area contributed by atoms with Gasteiger partial charge in [-0.2, -0.15) is 0 Å². The van der Waals surface area contributed by atoms with Gasteiger partial charge < -0.3 is 25.7 Å². The van der Waals surface area contributed by atoms with Crippen molar-refractivity contribution < 1.29 is 38.4 Å². The lowest BCUT2D eigenvalue weighted by atomic mass is 10.1. The molecule has 0 bridgehead atoms. The van der Waals surface area contributed by atoms with E-state index in [4.69, 9.17) is 25.7 Å². The Morgan fingerprint density at radius 2 is 1.81 bits per heavy atom. The first-order valence-corrected chi connectivity index (χ1v) is 9.33. The molecule has 0 heterocycles. The average molecular weight is 346 g/mol. The van der Waals surface area contributed by atoms with Gasteiger partial charge >= 0.3 is 19.7 Å². The monoisotopic (exact) mass is 346 g/mol. The Labute approximate surface area is 121 Å². The van der Waals surface area contributed by atoms with Gasteiger partial charge in [0, 0.05) is 11.5 Å². The minimum Gasteiger partial charge on any atom is -0.481 e. The van der Waals surface area contributed by atoms with E-state index in [0.29, 0.717) is 0 Å². The van der Waals surface area contributed by atoms with Gasteiger partial charge in [-0.3, -0.25) is 9.59 Å². The van der Waals surface area contributed by atoms with Crippen LogP contribution in [0.3, 0.4) is 0 Å². The van der Waals surface area contributed by atoms with E-state index in [2.05, 4.69) is 4.13 Å². The van der Waals surface area contributed by atoms with Gasteiger partial charge in [-0.05, 0) is 12.8 Å². The summed E-state index contributed by atoms with van der Waals surface area (Å²) >= 11 is 0. The summed E-state index contributed by atoms with van der Waals surface area (Å²) in [6, 6.07) is -1.37. The van der Waals surface area contributed by atoms with Crippen LogP contribution in [-0.2, 0) is 23.9 Å². The van der Waals surface area contributed by atoms with E-state index in [1.165, 1.54) is 6.92 Å². The molecular formula is C9H19N2O8PS. The second-order valence-electron chi connectivity index (χ2n) is 4.42. The zero-order valence-corrected chi connectivity index (χ0v) is 13.0. The predicted octanol–water partition coefficient (Wildman–Crippen LogP) is -0.540. The Balaban J connectivity index is 5.36. The number of nitrogens with two attached hydrogens (primary N) is 1. The van der Waals surface area contributed by atoms with Gasteiger partial charge in [0.25, 0.3) is 0 Å². The van der Waals surface area contributed by atoms with Gasteiger partial charge in [0.05, 0.1) is 15.6 Å². The Morgan fingerprint density at radius 1 is 1.29 bits per heavy atom. The third-order valence-corrected chi connectivity index (χ3v) is 6.46. The van der Waals surface area contributed by atoms with Crippen LogP contribution in [0.25, 0.3) is 0 Å². The topological polar surface area (TPSA) is 188 Å². The summed E-state index contributed by atoms with van der Waals surface area (Å²) in [5.74, 6) is -4.81. The van der Waals surface area contributed by atoms with Gasteiger partial charge in [0.2, 0.25) is 0 Å². The SMILES string of the molecule is CC[C@H](C[S@](=O)(CC[C@H](N)C(=O)O)=NP(=O)(O)O)C(=O)O. The van der Waals surface area contributed by atoms with E-state index >= 15 is 0 Å². The number of carboxylic acid groups (broad SMARTS) is 2. The molecule has 0 aromatic heterocycles. The molecule has 0 saturated carbocycles. The molecule has 0 rings (SSSR count). The Bertz CT molecular complexity index is 550. The van der Waals surface area contributed by atoms with Crippen LogP contribution >= 0.6 is 7.75 Å². The van der Waals surface area contributed by atoms with Crippen LogP contribution in [0.1, 0.15) is 19.8 Å². The number of nitrogens with zero attached hydrogens (tertiary/aromatic N) is 1. The minimum absolute atomic E-state index is 0.0913. The maximum atomic E-state index is 12.4. The number of aliphatic carboxylic acids is 2. The van der Waals surface area contributed by atoms with E-state index in [0.717, 1.165) is 0 Å². The van der Waals surface area contributed by atoms with E-state index in [9.17, 15) is 18.4 Å². The maximum absolute atomic E-state index is 12.4. The van der Waals surface area contributed by atoms with Crippen molar-refractivity contribution in [2.75, 3.05) is 11.5 Å². The average Bonchev–Trinajstić information content (AvgIpc) is 2.30. The lowest BCUT2D eigenvalue weighted by Crippen LogP contribution is -2.33. The second kappa shape index (κ2) is 7.85. The van der Waals surface area contributed by atoms with Gasteiger partial charge in [-0.1, -0.05) is 6.92 Å². The number of hydrogen-bond donors (Lipinski definition) is 5. The third-order valence-electron chi connectivity index (χ3n) is 2.62. The van der Waals surface area contributed by atoms with Crippen LogP contribution in [0, 0.1) is 5.92 Å². The molecule has 6 N–H and O–H groups in total. The van der Waals surface area contributed by atoms with Crippen molar-refractivity contribution in [3.05, 3.63) is 0 Å². The largest absolute Gasteiger partial charge is 0.481 e. The highest BCUT2D eigenvalue weighted by molar-refractivity contribution is 7.96. The maximum Gasteiger partial charge on any atom is 0.456 e. The van der Waals surface area contributed by atoms with Gasteiger partial charge in [-0.15, -0.1) is 4.13 Å². The standard InChI is InChI=1S/C9H19N2O8PS/c1-2-6(8(12)13)5-21(19,11-20(16,17)18)4-3-7(10)9(14)15/h6-7H,2-5,10H2,1H3,(H,12,13)(H,14,15)(H2,16,17,18)/t6-,7+,21-/m1/s1. The highest BCUT2D eigenvalue weighted by Gasteiger charge is 2.27. The summed E-state index contributed by atoms with van der Waals surface area (Å²) in [5, 5.41) is 17.6. The minimum atomic E-state index is -5.00. The fourth-order valence-electron chi connectivity index (χ4n) is 1.46. The van der Waals surface area contributed by atoms with Crippen LogP contribution in [0.15, 0.2) is 4.13 Å². The number of carbonyl (C=O) groups is 2. The van der Waals surface area contributed by atoms with E-state index in [1.54, 1.807) is 0 Å². The summed E-state index contributed by atoms with van der Waals surface area (Å²) in [4.78, 5) is 39.2. The molecule has 3 atom stereocenters. The molecule has 0 aliphatic carbocycles. The molecule has 0 amide bonds. The first kappa shape index (κ1) is 20.0. The lowest BCUT2D eigenvalue weighted by molar-refractivity contribution is -0.141. The van der Waals surface area contributed by atoms with Gasteiger partial charge in [-0.25, -0.2) is 8.77 Å². The second-order valence-corrected chi connectivity index (χ2v) is 8.38. The van der Waals surface area contributed by atoms with Crippen molar-refractivity contribution in [2.24, 2.45) is 15.8 Å². The van der Waals surface area contributed by atoms with Crippen molar-refractivity contribution >= 4 is 29.4 Å². The number of hydrogen-bond acceptors (Lipinski definition) is 5. The van der Waals surface area contributed by atoms with Gasteiger partial charge in [0.1, 0.15) is 6.04 Å². The molecule has 124 valence electrons. The molecule has 10 nitrogen and oxygen atoms in total. The molecule has 0 aliphatic heterocycles. The predicted molar refractivity (Wildman–Crippen MR) is 74.0 cm³/mol. The number of rotatable bonds is 9. The van der Waals surface area contributed by atoms with E-state index in [-0.39, 0.29) is 12.8 Å². The van der Waals surface area contributed by atoms with E-state index < -0.39 is 52.9 Å². The molecule has 0 saturated heterocycles. The highest BCUT2D eigenvalue weighted by atomic mass is 32.2. The molecule has 0 aromatic rings. The quantitative estimate of drug-likeness (QED) is 0.341. The Morgan fingerprint density at radius 3 is 2.14 bits per heavy atom. The van der Waals surface area contributed by atoms with Crippen molar-refractivity contribution in [3.63, 3.8) is 0 Å². The molecule has 0 spiro atoms. The lowest BCUT2D eigenvalue weighted by Gasteiger charge is -2.16. The summed E-state index contributed by atoms with van der Waals surface area (Å²) in [6.07, 6.45) is -0.248. The van der Waals surface area contributed by atoms with Crippen LogP contribution in [-0.4, -0.2) is 53.7 Å². The first-order valence-electron chi connectivity index (χ1n) is 5.91. The molecule has 0 fully saturated rings. The fourth-order valence-corrected chi connectivity index (χ4v) is 5.40. The molecule has 0 aliphatic rings. The smallest absolute Gasteiger partial charge is 0.456 e.